The van der Waals surface area contributed by atoms with Gasteiger partial charge in [-0.15, -0.1) is 0 Å². The van der Waals surface area contributed by atoms with Gasteiger partial charge in [-0.25, -0.2) is 0 Å². The summed E-state index contributed by atoms with van der Waals surface area (Å²) in [5.41, 5.74) is 1.36. The molecule has 108 valence electrons. The van der Waals surface area contributed by atoms with Crippen LogP contribution in [0.5, 0.6) is 0 Å². The Balaban J connectivity index is 1.85. The summed E-state index contributed by atoms with van der Waals surface area (Å²) < 4.78 is 5.77. The average molecular weight is 264 g/mol. The molecule has 0 saturated carbocycles. The van der Waals surface area contributed by atoms with Crippen molar-refractivity contribution in [3.05, 3.63) is 23.2 Å². The molecule has 1 saturated heterocycles. The minimum absolute atomic E-state index is 0.819. The summed E-state index contributed by atoms with van der Waals surface area (Å²) in [6.07, 6.45) is 5.48. The Morgan fingerprint density at radius 2 is 2.11 bits per heavy atom. The molecule has 0 aliphatic carbocycles. The molecule has 0 aromatic carbocycles. The number of hydrogen-bond acceptors (Lipinski definition) is 3. The summed E-state index contributed by atoms with van der Waals surface area (Å²) in [6.45, 7) is 8.74. The number of hydrogen-bond donors (Lipinski definition) is 1. The van der Waals surface area contributed by atoms with Gasteiger partial charge in [0.2, 0.25) is 0 Å². The maximum atomic E-state index is 5.77. The molecular weight excluding hydrogens is 236 g/mol. The van der Waals surface area contributed by atoms with E-state index in [-0.39, 0.29) is 0 Å². The van der Waals surface area contributed by atoms with E-state index < -0.39 is 0 Å². The van der Waals surface area contributed by atoms with Crippen LogP contribution in [-0.4, -0.2) is 25.0 Å². The second-order valence-electron chi connectivity index (χ2n) is 5.83. The third-order valence-corrected chi connectivity index (χ3v) is 4.22. The minimum Gasteiger partial charge on any atom is -0.465 e. The van der Waals surface area contributed by atoms with Crippen molar-refractivity contribution in [3.63, 3.8) is 0 Å². The Hall–Kier alpha value is -0.800. The lowest BCUT2D eigenvalue weighted by atomic mass is 9.92. The van der Waals surface area contributed by atoms with E-state index in [0.717, 1.165) is 30.5 Å². The van der Waals surface area contributed by atoms with Crippen molar-refractivity contribution in [2.75, 3.05) is 20.1 Å². The molecule has 1 N–H and O–H groups in total. The fraction of sp³-hybridized carbons (Fsp3) is 0.750. The van der Waals surface area contributed by atoms with E-state index >= 15 is 0 Å². The first-order valence-corrected chi connectivity index (χ1v) is 7.68. The largest absolute Gasteiger partial charge is 0.465 e. The quantitative estimate of drug-likeness (QED) is 0.854. The van der Waals surface area contributed by atoms with Gasteiger partial charge in [0, 0.05) is 12.1 Å². The van der Waals surface area contributed by atoms with Crippen molar-refractivity contribution in [3.8, 4) is 0 Å². The van der Waals surface area contributed by atoms with Crippen LogP contribution in [0.25, 0.3) is 0 Å². The Kier molecular flexibility index (Phi) is 5.46. The number of likely N-dealkylation sites (tertiary alicyclic amines) is 1. The van der Waals surface area contributed by atoms with Crippen LogP contribution in [0, 0.1) is 12.8 Å². The third kappa shape index (κ3) is 4.08. The van der Waals surface area contributed by atoms with Crippen molar-refractivity contribution < 1.29 is 4.42 Å². The van der Waals surface area contributed by atoms with Crippen LogP contribution in [-0.2, 0) is 13.1 Å². The van der Waals surface area contributed by atoms with E-state index in [2.05, 4.69) is 30.1 Å². The number of aryl methyl sites for hydroxylation is 1. The monoisotopic (exact) mass is 264 g/mol. The lowest BCUT2D eigenvalue weighted by molar-refractivity contribution is 0.171. The molecule has 2 heterocycles. The first-order valence-electron chi connectivity index (χ1n) is 7.68. The normalized spacial score (nSPS) is 18.1. The molecule has 1 aromatic heterocycles. The molecule has 2 rings (SSSR count). The molecule has 0 bridgehead atoms. The van der Waals surface area contributed by atoms with E-state index in [1.54, 1.807) is 0 Å². The van der Waals surface area contributed by atoms with Crippen LogP contribution in [0.15, 0.2) is 10.5 Å². The van der Waals surface area contributed by atoms with Gasteiger partial charge in [0.25, 0.3) is 0 Å². The fourth-order valence-electron chi connectivity index (χ4n) is 3.09. The van der Waals surface area contributed by atoms with Crippen LogP contribution in [0.1, 0.15) is 49.7 Å². The van der Waals surface area contributed by atoms with Crippen LogP contribution in [0.2, 0.25) is 0 Å². The maximum Gasteiger partial charge on any atom is 0.118 e. The molecule has 0 radical (unpaired) electrons. The predicted octanol–water partition coefficient (Wildman–Crippen LogP) is 3.32. The molecule has 3 nitrogen and oxygen atoms in total. The zero-order valence-electron chi connectivity index (χ0n) is 12.7. The van der Waals surface area contributed by atoms with Crippen molar-refractivity contribution in [2.24, 2.45) is 5.92 Å². The summed E-state index contributed by atoms with van der Waals surface area (Å²) in [7, 11) is 1.95. The van der Waals surface area contributed by atoms with Crippen LogP contribution in [0.4, 0.5) is 0 Å². The lowest BCUT2D eigenvalue weighted by Gasteiger charge is -2.31. The highest BCUT2D eigenvalue weighted by Gasteiger charge is 2.19. The lowest BCUT2D eigenvalue weighted by Crippen LogP contribution is -2.33. The molecule has 1 fully saturated rings. The molecule has 0 atom stereocenters. The van der Waals surface area contributed by atoms with Crippen molar-refractivity contribution in [1.82, 2.24) is 10.2 Å². The van der Waals surface area contributed by atoms with E-state index in [0.29, 0.717) is 0 Å². The van der Waals surface area contributed by atoms with E-state index in [1.165, 1.54) is 44.3 Å². The summed E-state index contributed by atoms with van der Waals surface area (Å²) in [6, 6.07) is 2.21. The molecular formula is C16H28N2O. The van der Waals surface area contributed by atoms with Gasteiger partial charge in [-0.1, -0.05) is 19.8 Å². The van der Waals surface area contributed by atoms with E-state index in [1.807, 2.05) is 7.05 Å². The second kappa shape index (κ2) is 7.11. The summed E-state index contributed by atoms with van der Waals surface area (Å²) in [5, 5.41) is 3.14. The molecule has 1 aliphatic rings. The first kappa shape index (κ1) is 14.6. The second-order valence-corrected chi connectivity index (χ2v) is 5.83. The molecule has 3 heteroatoms. The van der Waals surface area contributed by atoms with E-state index in [4.69, 9.17) is 4.42 Å². The molecule has 0 spiro atoms. The number of piperidine rings is 1. The van der Waals surface area contributed by atoms with Crippen LogP contribution >= 0.6 is 0 Å². The highest BCUT2D eigenvalue weighted by atomic mass is 16.3. The predicted molar refractivity (Wildman–Crippen MR) is 79.1 cm³/mol. The number of nitrogens with zero attached hydrogens (tertiary/aromatic N) is 1. The zero-order valence-corrected chi connectivity index (χ0v) is 12.7. The Labute approximate surface area is 117 Å². The van der Waals surface area contributed by atoms with Gasteiger partial charge in [0.1, 0.15) is 11.5 Å². The van der Waals surface area contributed by atoms with Crippen LogP contribution < -0.4 is 5.32 Å². The van der Waals surface area contributed by atoms with Gasteiger partial charge < -0.3 is 9.73 Å². The smallest absolute Gasteiger partial charge is 0.118 e. The van der Waals surface area contributed by atoms with Gasteiger partial charge >= 0.3 is 0 Å². The average Bonchev–Trinajstić information content (AvgIpc) is 2.73. The van der Waals surface area contributed by atoms with Gasteiger partial charge in [-0.3, -0.25) is 4.90 Å². The Morgan fingerprint density at radius 1 is 1.37 bits per heavy atom. The summed E-state index contributed by atoms with van der Waals surface area (Å²) in [5.74, 6) is 3.10. The molecule has 1 aromatic rings. The molecule has 19 heavy (non-hydrogen) atoms. The van der Waals surface area contributed by atoms with Gasteiger partial charge in [0.05, 0.1) is 6.54 Å². The van der Waals surface area contributed by atoms with Gasteiger partial charge in [-0.05, 0) is 51.9 Å². The van der Waals surface area contributed by atoms with Crippen molar-refractivity contribution in [1.29, 1.82) is 0 Å². The number of furan rings is 1. The first-order chi connectivity index (χ1) is 9.22. The standard InChI is InChI=1S/C16H28N2O/c1-4-5-14-6-8-18(9-7-14)12-15-10-16(11-17-3)19-13(15)2/h10,14,17H,4-9,11-12H2,1-3H3. The van der Waals surface area contributed by atoms with Crippen molar-refractivity contribution >= 4 is 0 Å². The summed E-state index contributed by atoms with van der Waals surface area (Å²) in [4.78, 5) is 2.58. The molecule has 0 amide bonds. The fourth-order valence-corrected chi connectivity index (χ4v) is 3.09. The SMILES string of the molecule is CCCC1CCN(Cc2cc(CNC)oc2C)CC1. The van der Waals surface area contributed by atoms with E-state index in [9.17, 15) is 0 Å². The highest BCUT2D eigenvalue weighted by Crippen LogP contribution is 2.24. The Morgan fingerprint density at radius 3 is 2.74 bits per heavy atom. The zero-order chi connectivity index (χ0) is 13.7. The number of rotatable bonds is 6. The topological polar surface area (TPSA) is 28.4 Å². The highest BCUT2D eigenvalue weighted by molar-refractivity contribution is 5.20. The maximum absolute atomic E-state index is 5.77. The molecule has 0 unspecified atom stereocenters. The minimum atomic E-state index is 0.819. The van der Waals surface area contributed by atoms with Crippen LogP contribution in [0.3, 0.4) is 0 Å². The van der Waals surface area contributed by atoms with Gasteiger partial charge in [0.15, 0.2) is 0 Å². The third-order valence-electron chi connectivity index (χ3n) is 4.22. The summed E-state index contributed by atoms with van der Waals surface area (Å²) >= 11 is 0. The van der Waals surface area contributed by atoms with Gasteiger partial charge in [-0.2, -0.15) is 0 Å². The molecule has 1 aliphatic heterocycles. The number of nitrogens with one attached hydrogen (secondary N) is 1. The Bertz CT molecular complexity index is 378. The van der Waals surface area contributed by atoms with Crippen molar-refractivity contribution in [2.45, 2.75) is 52.6 Å².